The van der Waals surface area contributed by atoms with Crippen molar-refractivity contribution in [1.82, 2.24) is 10.3 Å². The number of hydrogen-bond acceptors (Lipinski definition) is 3. The van der Waals surface area contributed by atoms with Crippen LogP contribution in [-0.2, 0) is 0 Å². The van der Waals surface area contributed by atoms with Crippen LogP contribution in [0, 0.1) is 24.5 Å². The molecule has 1 aliphatic rings. The Bertz CT molecular complexity index is 1200. The maximum atomic E-state index is 14.4. The second-order valence-corrected chi connectivity index (χ2v) is 9.09. The minimum absolute atomic E-state index is 0.220. The van der Waals surface area contributed by atoms with Gasteiger partial charge in [-0.05, 0) is 91.7 Å². The quantitative estimate of drug-likeness (QED) is 0.337. The van der Waals surface area contributed by atoms with Crippen LogP contribution in [0.15, 0.2) is 72.6 Å². The van der Waals surface area contributed by atoms with Crippen molar-refractivity contribution in [2.24, 2.45) is 17.4 Å². The monoisotopic (exact) mass is 464 g/mol. The van der Waals surface area contributed by atoms with E-state index in [4.69, 9.17) is 11.5 Å². The van der Waals surface area contributed by atoms with E-state index in [1.165, 1.54) is 17.7 Å². The summed E-state index contributed by atoms with van der Waals surface area (Å²) in [6.45, 7) is 12.0. The van der Waals surface area contributed by atoms with E-state index < -0.39 is 0 Å². The maximum absolute atomic E-state index is 14.4. The topological polar surface area (TPSA) is 79.9 Å². The molecule has 0 aliphatic heterocycles. The summed E-state index contributed by atoms with van der Waals surface area (Å²) in [5, 5.41) is 3.91. The summed E-state index contributed by atoms with van der Waals surface area (Å²) in [6, 6.07) is 10.0. The van der Waals surface area contributed by atoms with Crippen LogP contribution in [0.4, 0.5) is 8.78 Å². The summed E-state index contributed by atoms with van der Waals surface area (Å²) in [5.41, 5.74) is 17.0. The number of H-pyrrole nitrogens is 1. The Labute approximate surface area is 200 Å². The van der Waals surface area contributed by atoms with Crippen LogP contribution in [0.1, 0.15) is 36.8 Å². The molecule has 2 aromatic carbocycles. The minimum atomic E-state index is -0.259. The number of aromatic amines is 1. The molecule has 1 saturated carbocycles. The van der Waals surface area contributed by atoms with Gasteiger partial charge in [0.25, 0.3) is 0 Å². The van der Waals surface area contributed by atoms with Gasteiger partial charge in [0.1, 0.15) is 11.6 Å². The Balaban J connectivity index is 0.000000252. The van der Waals surface area contributed by atoms with Crippen molar-refractivity contribution in [3.8, 4) is 11.3 Å². The lowest BCUT2D eigenvalue weighted by Crippen LogP contribution is -2.19. The molecule has 3 aromatic rings. The number of hydrogen-bond donors (Lipinski definition) is 4. The van der Waals surface area contributed by atoms with Crippen LogP contribution in [0.25, 0.3) is 22.2 Å². The Hall–Kier alpha value is -3.38. The molecule has 4 nitrogen and oxygen atoms in total. The zero-order chi connectivity index (χ0) is 25.0. The predicted molar refractivity (Wildman–Crippen MR) is 138 cm³/mol. The van der Waals surface area contributed by atoms with Gasteiger partial charge < -0.3 is 21.8 Å². The second-order valence-electron chi connectivity index (χ2n) is 9.09. The zero-order valence-electron chi connectivity index (χ0n) is 20.1. The first-order valence-electron chi connectivity index (χ1n) is 11.4. The van der Waals surface area contributed by atoms with Crippen LogP contribution in [0.3, 0.4) is 0 Å². The van der Waals surface area contributed by atoms with Crippen LogP contribution in [0.5, 0.6) is 0 Å². The van der Waals surface area contributed by atoms with Gasteiger partial charge in [0.15, 0.2) is 0 Å². The van der Waals surface area contributed by atoms with Crippen molar-refractivity contribution in [1.29, 1.82) is 0 Å². The molecule has 6 heteroatoms. The molecule has 1 aliphatic carbocycles. The van der Waals surface area contributed by atoms with Crippen molar-refractivity contribution in [2.45, 2.75) is 32.6 Å². The van der Waals surface area contributed by atoms with Gasteiger partial charge in [0.2, 0.25) is 0 Å². The molecule has 0 saturated heterocycles. The normalized spacial score (nSPS) is 16.9. The lowest BCUT2D eigenvalue weighted by atomic mass is 9.71. The smallest absolute Gasteiger partial charge is 0.147 e. The highest BCUT2D eigenvalue weighted by molar-refractivity contribution is 5.92. The van der Waals surface area contributed by atoms with Crippen LogP contribution in [-0.4, -0.2) is 18.6 Å². The first-order chi connectivity index (χ1) is 16.1. The number of benzene rings is 2. The average Bonchev–Trinajstić information content (AvgIpc) is 3.11. The Morgan fingerprint density at radius 1 is 1.12 bits per heavy atom. The van der Waals surface area contributed by atoms with Gasteiger partial charge in [0, 0.05) is 28.9 Å². The maximum Gasteiger partial charge on any atom is 0.147 e. The Morgan fingerprint density at radius 3 is 2.26 bits per heavy atom. The SMILES string of the molecule is C=C(N)C(=CCNC)C(=C)N.Cc1cc(F)c2[nH]c(-c3ccc(F)cc3)c(C3CC(C)C3)c2c1. The molecule has 0 atom stereocenters. The third-order valence-electron chi connectivity index (χ3n) is 6.16. The fourth-order valence-electron chi connectivity index (χ4n) is 4.49. The number of halogens is 2. The van der Waals surface area contributed by atoms with Crippen molar-refractivity contribution in [3.63, 3.8) is 0 Å². The molecular weight excluding hydrogens is 430 g/mol. The highest BCUT2D eigenvalue weighted by Gasteiger charge is 2.32. The van der Waals surface area contributed by atoms with Crippen molar-refractivity contribution >= 4 is 10.9 Å². The number of nitrogens with two attached hydrogens (primary N) is 2. The largest absolute Gasteiger partial charge is 0.399 e. The summed E-state index contributed by atoms with van der Waals surface area (Å²) in [7, 11) is 1.84. The van der Waals surface area contributed by atoms with Crippen LogP contribution in [0.2, 0.25) is 0 Å². The molecule has 0 radical (unpaired) electrons. The first-order valence-corrected chi connectivity index (χ1v) is 11.4. The molecule has 0 spiro atoms. The summed E-state index contributed by atoms with van der Waals surface area (Å²) in [5.74, 6) is 0.674. The molecule has 0 unspecified atom stereocenters. The fourth-order valence-corrected chi connectivity index (χ4v) is 4.49. The highest BCUT2D eigenvalue weighted by Crippen LogP contribution is 2.48. The number of aromatic nitrogens is 1. The third kappa shape index (κ3) is 5.57. The molecule has 1 aromatic heterocycles. The lowest BCUT2D eigenvalue weighted by Gasteiger charge is -2.33. The van der Waals surface area contributed by atoms with Gasteiger partial charge >= 0.3 is 0 Å². The standard InChI is InChI=1S/C20H19F2N.C8H15N3/c1-11-7-14(8-11)18-16-9-12(2)10-17(22)20(16)23-19(18)13-3-5-15(21)6-4-13;1-6(9)8(7(2)10)4-5-11-3/h3-6,9-11,14,23H,7-8H2,1-2H3;4,11H,1-2,5,9-10H2,3H3. The highest BCUT2D eigenvalue weighted by atomic mass is 19.1. The van der Waals surface area contributed by atoms with E-state index in [1.54, 1.807) is 18.2 Å². The molecule has 1 fully saturated rings. The molecule has 180 valence electrons. The van der Waals surface area contributed by atoms with E-state index in [2.05, 4.69) is 36.4 Å². The van der Waals surface area contributed by atoms with Gasteiger partial charge in [-0.15, -0.1) is 0 Å². The van der Waals surface area contributed by atoms with Gasteiger partial charge in [-0.2, -0.15) is 0 Å². The zero-order valence-corrected chi connectivity index (χ0v) is 20.1. The molecular formula is C28H34F2N4. The molecule has 0 amide bonds. The van der Waals surface area contributed by atoms with E-state index in [1.807, 2.05) is 20.0 Å². The van der Waals surface area contributed by atoms with Gasteiger partial charge in [-0.1, -0.05) is 26.2 Å². The van der Waals surface area contributed by atoms with Crippen molar-refractivity contribution in [2.75, 3.05) is 13.6 Å². The van der Waals surface area contributed by atoms with E-state index >= 15 is 0 Å². The van der Waals surface area contributed by atoms with Gasteiger partial charge in [-0.25, -0.2) is 8.78 Å². The van der Waals surface area contributed by atoms with Crippen molar-refractivity contribution in [3.05, 3.63) is 95.4 Å². The van der Waals surface area contributed by atoms with E-state index in [9.17, 15) is 8.78 Å². The third-order valence-corrected chi connectivity index (χ3v) is 6.16. The predicted octanol–water partition coefficient (Wildman–Crippen LogP) is 6.01. The summed E-state index contributed by atoms with van der Waals surface area (Å²) in [6.07, 6.45) is 4.10. The van der Waals surface area contributed by atoms with E-state index in [0.717, 1.165) is 40.6 Å². The van der Waals surface area contributed by atoms with Gasteiger partial charge in [0.05, 0.1) is 11.2 Å². The minimum Gasteiger partial charge on any atom is -0.399 e. The number of likely N-dealkylation sites (N-methyl/N-ethyl adjacent to an activating group) is 1. The average molecular weight is 465 g/mol. The Morgan fingerprint density at radius 2 is 1.74 bits per heavy atom. The molecule has 6 N–H and O–H groups in total. The molecule has 34 heavy (non-hydrogen) atoms. The first kappa shape index (κ1) is 25.2. The van der Waals surface area contributed by atoms with E-state index in [-0.39, 0.29) is 11.6 Å². The Kier molecular flexibility index (Phi) is 7.94. The second kappa shape index (κ2) is 10.7. The van der Waals surface area contributed by atoms with Crippen LogP contribution >= 0.6 is 0 Å². The summed E-state index contributed by atoms with van der Waals surface area (Å²) < 4.78 is 27.6. The van der Waals surface area contributed by atoms with Crippen LogP contribution < -0.4 is 16.8 Å². The van der Waals surface area contributed by atoms with Gasteiger partial charge in [-0.3, -0.25) is 0 Å². The fraction of sp³-hybridized carbons (Fsp3) is 0.286. The molecule has 4 rings (SSSR count). The summed E-state index contributed by atoms with van der Waals surface area (Å²) in [4.78, 5) is 3.26. The summed E-state index contributed by atoms with van der Waals surface area (Å²) >= 11 is 0. The number of rotatable bonds is 6. The number of fused-ring (bicyclic) bond motifs is 1. The number of aryl methyl sites for hydroxylation is 1. The molecule has 1 heterocycles. The molecule has 0 bridgehead atoms. The van der Waals surface area contributed by atoms with Crippen molar-refractivity contribution < 1.29 is 8.78 Å². The van der Waals surface area contributed by atoms with E-state index in [0.29, 0.717) is 35.3 Å². The number of nitrogens with one attached hydrogen (secondary N) is 2. The lowest BCUT2D eigenvalue weighted by molar-refractivity contribution is 0.290.